The molecule has 5 heteroatoms. The molecule has 0 bridgehead atoms. The predicted molar refractivity (Wildman–Crippen MR) is 59.4 cm³/mol. The average molecular weight is 214 g/mol. The number of nitrogens with one attached hydrogen (secondary N) is 1. The van der Waals surface area contributed by atoms with Crippen LogP contribution in [0.1, 0.15) is 18.7 Å². The molecule has 4 nitrogen and oxygen atoms in total. The van der Waals surface area contributed by atoms with Crippen LogP contribution in [0.2, 0.25) is 0 Å². The predicted octanol–water partition coefficient (Wildman–Crippen LogP) is 0.968. The van der Waals surface area contributed by atoms with E-state index in [2.05, 4.69) is 40.7 Å². The van der Waals surface area contributed by atoms with E-state index in [0.29, 0.717) is 6.04 Å². The number of hydrogen-bond acceptors (Lipinski definition) is 5. The minimum atomic E-state index is 0.563. The molecule has 0 aliphatic heterocycles. The lowest BCUT2D eigenvalue weighted by molar-refractivity contribution is 0.322. The number of rotatable bonds is 6. The first-order chi connectivity index (χ1) is 6.68. The van der Waals surface area contributed by atoms with Crippen molar-refractivity contribution in [1.82, 2.24) is 19.8 Å². The first-order valence-corrected chi connectivity index (χ1v) is 5.64. The zero-order valence-corrected chi connectivity index (χ0v) is 9.84. The van der Waals surface area contributed by atoms with E-state index in [1.54, 1.807) is 0 Å². The Morgan fingerprint density at radius 2 is 2.36 bits per heavy atom. The van der Waals surface area contributed by atoms with Gasteiger partial charge in [0.2, 0.25) is 0 Å². The summed E-state index contributed by atoms with van der Waals surface area (Å²) in [5.41, 5.74) is 0. The summed E-state index contributed by atoms with van der Waals surface area (Å²) in [5, 5.41) is 7.20. The van der Waals surface area contributed by atoms with E-state index in [9.17, 15) is 0 Å². The zero-order chi connectivity index (χ0) is 10.4. The molecule has 0 atom stereocenters. The third kappa shape index (κ3) is 4.64. The van der Waals surface area contributed by atoms with Crippen LogP contribution >= 0.6 is 11.5 Å². The van der Waals surface area contributed by atoms with E-state index in [-0.39, 0.29) is 0 Å². The van der Waals surface area contributed by atoms with E-state index in [4.69, 9.17) is 0 Å². The van der Waals surface area contributed by atoms with Gasteiger partial charge in [-0.15, -0.1) is 5.10 Å². The van der Waals surface area contributed by atoms with E-state index in [0.717, 1.165) is 19.6 Å². The Morgan fingerprint density at radius 3 is 2.93 bits per heavy atom. The third-order valence-corrected chi connectivity index (χ3v) is 2.52. The van der Waals surface area contributed by atoms with Crippen molar-refractivity contribution in [3.8, 4) is 0 Å². The Bertz CT molecular complexity index is 235. The molecule has 0 aliphatic rings. The number of aromatic nitrogens is 2. The fraction of sp³-hybridized carbons (Fsp3) is 0.778. The van der Waals surface area contributed by atoms with E-state index >= 15 is 0 Å². The van der Waals surface area contributed by atoms with Crippen molar-refractivity contribution in [3.63, 3.8) is 0 Å². The third-order valence-electron chi connectivity index (χ3n) is 1.88. The molecule has 1 aromatic heterocycles. The first-order valence-electron chi connectivity index (χ1n) is 4.86. The molecule has 0 unspecified atom stereocenters. The number of likely N-dealkylation sites (N-methyl/N-ethyl adjacent to an activating group) is 1. The quantitative estimate of drug-likeness (QED) is 0.766. The van der Waals surface area contributed by atoms with Gasteiger partial charge in [-0.25, -0.2) is 0 Å². The van der Waals surface area contributed by atoms with Gasteiger partial charge in [-0.2, -0.15) is 0 Å². The molecule has 0 fully saturated rings. The maximum atomic E-state index is 3.83. The van der Waals surface area contributed by atoms with Crippen LogP contribution in [0.25, 0.3) is 0 Å². The first kappa shape index (κ1) is 11.6. The molecule has 1 aromatic rings. The lowest BCUT2D eigenvalue weighted by Crippen LogP contribution is -2.32. The highest BCUT2D eigenvalue weighted by atomic mass is 32.1. The van der Waals surface area contributed by atoms with Crippen LogP contribution < -0.4 is 5.32 Å². The largest absolute Gasteiger partial charge is 0.313 e. The highest BCUT2D eigenvalue weighted by Crippen LogP contribution is 2.04. The second-order valence-electron chi connectivity index (χ2n) is 3.73. The minimum absolute atomic E-state index is 0.563. The SMILES string of the molecule is CC(C)NCCN(C)Cc1cnns1. The molecule has 1 heterocycles. The summed E-state index contributed by atoms with van der Waals surface area (Å²) in [6, 6.07) is 0.563. The Kier molecular flexibility index (Phi) is 5.00. The second kappa shape index (κ2) is 6.06. The summed E-state index contributed by atoms with van der Waals surface area (Å²) in [5.74, 6) is 0. The van der Waals surface area contributed by atoms with Crippen LogP contribution in [0.5, 0.6) is 0 Å². The molecular weight excluding hydrogens is 196 g/mol. The highest BCUT2D eigenvalue weighted by molar-refractivity contribution is 7.05. The van der Waals surface area contributed by atoms with Gasteiger partial charge in [0, 0.05) is 25.7 Å². The second-order valence-corrected chi connectivity index (χ2v) is 4.60. The van der Waals surface area contributed by atoms with Crippen molar-refractivity contribution in [2.24, 2.45) is 0 Å². The van der Waals surface area contributed by atoms with Crippen molar-refractivity contribution < 1.29 is 0 Å². The van der Waals surface area contributed by atoms with Crippen molar-refractivity contribution in [2.45, 2.75) is 26.4 Å². The summed E-state index contributed by atoms with van der Waals surface area (Å²) >= 11 is 1.47. The molecule has 80 valence electrons. The van der Waals surface area contributed by atoms with Crippen LogP contribution in [-0.2, 0) is 6.54 Å². The van der Waals surface area contributed by atoms with E-state index in [1.807, 2.05) is 6.20 Å². The smallest absolute Gasteiger partial charge is 0.0666 e. The molecule has 0 radical (unpaired) electrons. The fourth-order valence-corrected chi connectivity index (χ4v) is 1.72. The Labute approximate surface area is 89.5 Å². The molecule has 0 saturated carbocycles. The molecule has 0 aliphatic carbocycles. The van der Waals surface area contributed by atoms with Gasteiger partial charge in [0.25, 0.3) is 0 Å². The van der Waals surface area contributed by atoms with Gasteiger partial charge < -0.3 is 5.32 Å². The number of hydrogen-bond donors (Lipinski definition) is 1. The van der Waals surface area contributed by atoms with Crippen LogP contribution in [0, 0.1) is 0 Å². The van der Waals surface area contributed by atoms with Gasteiger partial charge in [-0.3, -0.25) is 4.90 Å². The van der Waals surface area contributed by atoms with E-state index in [1.165, 1.54) is 16.4 Å². The van der Waals surface area contributed by atoms with Gasteiger partial charge in [-0.05, 0) is 18.6 Å². The summed E-state index contributed by atoms with van der Waals surface area (Å²) < 4.78 is 3.83. The summed E-state index contributed by atoms with van der Waals surface area (Å²) in [6.45, 7) is 7.34. The van der Waals surface area contributed by atoms with Crippen molar-refractivity contribution in [3.05, 3.63) is 11.1 Å². The van der Waals surface area contributed by atoms with Crippen LogP contribution in [0.15, 0.2) is 6.20 Å². The standard InChI is InChI=1S/C9H18N4S/c1-8(2)10-4-5-13(3)7-9-6-11-12-14-9/h6,8,10H,4-5,7H2,1-3H3. The molecule has 1 N–H and O–H groups in total. The molecular formula is C9H18N4S. The van der Waals surface area contributed by atoms with Gasteiger partial charge in [0.15, 0.2) is 0 Å². The number of nitrogens with zero attached hydrogens (tertiary/aromatic N) is 3. The van der Waals surface area contributed by atoms with Gasteiger partial charge in [-0.1, -0.05) is 18.3 Å². The topological polar surface area (TPSA) is 41.0 Å². The normalized spacial score (nSPS) is 11.5. The zero-order valence-electron chi connectivity index (χ0n) is 9.03. The monoisotopic (exact) mass is 214 g/mol. The fourth-order valence-electron chi connectivity index (χ4n) is 1.15. The van der Waals surface area contributed by atoms with Crippen LogP contribution in [0.4, 0.5) is 0 Å². The molecule has 0 saturated heterocycles. The van der Waals surface area contributed by atoms with Crippen LogP contribution in [0.3, 0.4) is 0 Å². The average Bonchev–Trinajstić information content (AvgIpc) is 2.56. The molecule has 14 heavy (non-hydrogen) atoms. The van der Waals surface area contributed by atoms with Gasteiger partial charge in [0.05, 0.1) is 11.1 Å². The maximum absolute atomic E-state index is 3.83. The van der Waals surface area contributed by atoms with E-state index < -0.39 is 0 Å². The van der Waals surface area contributed by atoms with Crippen molar-refractivity contribution >= 4 is 11.5 Å². The van der Waals surface area contributed by atoms with Crippen molar-refractivity contribution in [1.29, 1.82) is 0 Å². The molecule has 1 rings (SSSR count). The Balaban J connectivity index is 2.13. The van der Waals surface area contributed by atoms with Crippen LogP contribution in [-0.4, -0.2) is 40.7 Å². The van der Waals surface area contributed by atoms with Gasteiger partial charge in [0.1, 0.15) is 0 Å². The summed E-state index contributed by atoms with van der Waals surface area (Å²) in [6.07, 6.45) is 1.83. The van der Waals surface area contributed by atoms with Crippen molar-refractivity contribution in [2.75, 3.05) is 20.1 Å². The summed E-state index contributed by atoms with van der Waals surface area (Å²) in [4.78, 5) is 3.49. The molecule has 0 aromatic carbocycles. The molecule has 0 amide bonds. The Morgan fingerprint density at radius 1 is 1.57 bits per heavy atom. The summed E-state index contributed by atoms with van der Waals surface area (Å²) in [7, 11) is 2.11. The lowest BCUT2D eigenvalue weighted by atomic mass is 10.4. The molecule has 0 spiro atoms. The van der Waals surface area contributed by atoms with Gasteiger partial charge >= 0.3 is 0 Å². The lowest BCUT2D eigenvalue weighted by Gasteiger charge is -2.16. The Hall–Kier alpha value is -0.520. The highest BCUT2D eigenvalue weighted by Gasteiger charge is 2.02. The maximum Gasteiger partial charge on any atom is 0.0666 e. The minimum Gasteiger partial charge on any atom is -0.313 e.